The number of carbonyl (C=O) groups excluding carboxylic acids is 3. The van der Waals surface area contributed by atoms with Gasteiger partial charge in [0.2, 0.25) is 11.8 Å². The Bertz CT molecular complexity index is 1250. The number of rotatable bonds is 3. The van der Waals surface area contributed by atoms with E-state index in [1.54, 1.807) is 23.5 Å². The van der Waals surface area contributed by atoms with Crippen LogP contribution in [0.3, 0.4) is 0 Å². The molecule has 1 aromatic carbocycles. The number of piperidine rings is 1. The summed E-state index contributed by atoms with van der Waals surface area (Å²) in [4.78, 5) is 47.1. The molecule has 4 heterocycles. The van der Waals surface area contributed by atoms with Gasteiger partial charge in [-0.05, 0) is 43.2 Å². The molecule has 0 radical (unpaired) electrons. The maximum Gasteiger partial charge on any atom is 0.255 e. The zero-order valence-corrected chi connectivity index (χ0v) is 17.3. The predicted octanol–water partition coefficient (Wildman–Crippen LogP) is 2.22. The van der Waals surface area contributed by atoms with Crippen molar-refractivity contribution in [3.8, 4) is 22.5 Å². The minimum absolute atomic E-state index is 0.179. The number of fused-ring (bicyclic) bond motifs is 1. The molecule has 3 amide bonds. The van der Waals surface area contributed by atoms with Crippen LogP contribution in [0.2, 0.25) is 0 Å². The summed E-state index contributed by atoms with van der Waals surface area (Å²) in [6.07, 6.45) is 4.14. The molecule has 2 aliphatic rings. The maximum atomic E-state index is 12.9. The van der Waals surface area contributed by atoms with Crippen LogP contribution in [0.25, 0.3) is 22.5 Å². The van der Waals surface area contributed by atoms with E-state index in [2.05, 4.69) is 15.3 Å². The molecular weight excluding hydrogens is 394 g/mol. The van der Waals surface area contributed by atoms with Crippen molar-refractivity contribution in [2.24, 2.45) is 7.05 Å². The van der Waals surface area contributed by atoms with Crippen LogP contribution in [0.15, 0.2) is 42.9 Å². The number of carbonyl (C=O) groups is 3. The summed E-state index contributed by atoms with van der Waals surface area (Å²) in [6.45, 7) is 2.29. The first-order chi connectivity index (χ1) is 14.9. The molecule has 0 spiro atoms. The Morgan fingerprint density at radius 3 is 2.68 bits per heavy atom. The van der Waals surface area contributed by atoms with Crippen LogP contribution in [-0.4, -0.2) is 43.2 Å². The van der Waals surface area contributed by atoms with Gasteiger partial charge in [0.1, 0.15) is 6.04 Å². The number of amides is 3. The molecular formula is C23H21N5O3. The SMILES string of the molecule is Cc1cc(-c2c(-c3ccc4c(c3)CN(C3CCC(=O)NC3=O)C4=O)ncn2C)ccn1. The lowest BCUT2D eigenvalue weighted by Gasteiger charge is -2.29. The molecule has 1 fully saturated rings. The summed E-state index contributed by atoms with van der Waals surface area (Å²) < 4.78 is 1.97. The van der Waals surface area contributed by atoms with Crippen molar-refractivity contribution >= 4 is 17.7 Å². The summed E-state index contributed by atoms with van der Waals surface area (Å²) in [5.74, 6) is -0.874. The second kappa shape index (κ2) is 7.16. The Balaban J connectivity index is 1.50. The molecule has 2 aliphatic heterocycles. The Kier molecular flexibility index (Phi) is 4.43. The fourth-order valence-corrected chi connectivity index (χ4v) is 4.40. The fraction of sp³-hybridized carbons (Fsp3) is 0.261. The van der Waals surface area contributed by atoms with Gasteiger partial charge in [-0.25, -0.2) is 4.98 Å². The Hall–Kier alpha value is -3.81. The fourth-order valence-electron chi connectivity index (χ4n) is 4.40. The van der Waals surface area contributed by atoms with Crippen LogP contribution in [0, 0.1) is 6.92 Å². The highest BCUT2D eigenvalue weighted by Gasteiger charge is 2.39. The van der Waals surface area contributed by atoms with E-state index in [4.69, 9.17) is 0 Å². The molecule has 1 atom stereocenters. The van der Waals surface area contributed by atoms with E-state index in [0.29, 0.717) is 18.5 Å². The topological polar surface area (TPSA) is 97.2 Å². The molecule has 31 heavy (non-hydrogen) atoms. The van der Waals surface area contributed by atoms with Crippen molar-refractivity contribution < 1.29 is 14.4 Å². The number of hydrogen-bond acceptors (Lipinski definition) is 5. The molecule has 156 valence electrons. The second-order valence-electron chi connectivity index (χ2n) is 8.01. The molecule has 8 nitrogen and oxygen atoms in total. The molecule has 0 bridgehead atoms. The number of aromatic nitrogens is 3. The van der Waals surface area contributed by atoms with Crippen LogP contribution < -0.4 is 5.32 Å². The predicted molar refractivity (Wildman–Crippen MR) is 113 cm³/mol. The average molecular weight is 415 g/mol. The smallest absolute Gasteiger partial charge is 0.255 e. The van der Waals surface area contributed by atoms with Crippen LogP contribution in [-0.2, 0) is 23.2 Å². The lowest BCUT2D eigenvalue weighted by atomic mass is 10.0. The number of aryl methyl sites for hydroxylation is 2. The lowest BCUT2D eigenvalue weighted by Crippen LogP contribution is -2.52. The van der Waals surface area contributed by atoms with Gasteiger partial charge < -0.3 is 9.47 Å². The van der Waals surface area contributed by atoms with Crippen molar-refractivity contribution in [3.05, 3.63) is 59.7 Å². The maximum absolute atomic E-state index is 12.9. The second-order valence-corrected chi connectivity index (χ2v) is 8.01. The van der Waals surface area contributed by atoms with E-state index >= 15 is 0 Å². The van der Waals surface area contributed by atoms with E-state index in [1.165, 1.54) is 0 Å². The molecule has 1 unspecified atom stereocenters. The van der Waals surface area contributed by atoms with Crippen LogP contribution in [0.5, 0.6) is 0 Å². The first-order valence-electron chi connectivity index (χ1n) is 10.1. The van der Waals surface area contributed by atoms with Crippen LogP contribution in [0.4, 0.5) is 0 Å². The number of nitrogens with zero attached hydrogens (tertiary/aromatic N) is 4. The summed E-state index contributed by atoms with van der Waals surface area (Å²) in [7, 11) is 1.95. The highest BCUT2D eigenvalue weighted by atomic mass is 16.2. The van der Waals surface area contributed by atoms with Gasteiger partial charge in [-0.2, -0.15) is 0 Å². The van der Waals surface area contributed by atoms with Crippen molar-refractivity contribution in [1.82, 2.24) is 24.8 Å². The van der Waals surface area contributed by atoms with Crippen LogP contribution in [0.1, 0.15) is 34.5 Å². The Labute approximate surface area is 178 Å². The van der Waals surface area contributed by atoms with Crippen molar-refractivity contribution in [3.63, 3.8) is 0 Å². The number of pyridine rings is 1. The molecule has 0 aliphatic carbocycles. The van der Waals surface area contributed by atoms with Gasteiger partial charge in [0.05, 0.1) is 17.7 Å². The number of imidazole rings is 1. The third-order valence-electron chi connectivity index (χ3n) is 5.90. The van der Waals surface area contributed by atoms with E-state index < -0.39 is 11.9 Å². The third kappa shape index (κ3) is 3.20. The molecule has 0 saturated carbocycles. The highest BCUT2D eigenvalue weighted by Crippen LogP contribution is 2.35. The van der Waals surface area contributed by atoms with Crippen molar-refractivity contribution in [1.29, 1.82) is 0 Å². The molecule has 1 N–H and O–H groups in total. The van der Waals surface area contributed by atoms with E-state index in [0.717, 1.165) is 33.8 Å². The standard InChI is InChI=1S/C23H21N5O3/c1-13-9-15(7-8-24-13)21-20(25-12-27(21)2)14-3-4-17-16(10-14)11-28(23(17)31)18-5-6-19(29)26-22(18)30/h3-4,7-10,12,18H,5-6,11H2,1-2H3,(H,26,29,30). The van der Waals surface area contributed by atoms with Crippen LogP contribution >= 0.6 is 0 Å². The number of nitrogens with one attached hydrogen (secondary N) is 1. The number of hydrogen-bond donors (Lipinski definition) is 1. The van der Waals surface area contributed by atoms with E-state index in [1.807, 2.05) is 42.8 Å². The third-order valence-corrected chi connectivity index (χ3v) is 5.90. The minimum Gasteiger partial charge on any atom is -0.333 e. The van der Waals surface area contributed by atoms with Crippen molar-refractivity contribution in [2.45, 2.75) is 32.4 Å². The van der Waals surface area contributed by atoms with Gasteiger partial charge >= 0.3 is 0 Å². The van der Waals surface area contributed by atoms with E-state index in [-0.39, 0.29) is 18.2 Å². The largest absolute Gasteiger partial charge is 0.333 e. The summed E-state index contributed by atoms with van der Waals surface area (Å²) in [5, 5.41) is 2.33. The summed E-state index contributed by atoms with van der Waals surface area (Å²) in [5.41, 5.74) is 6.08. The van der Waals surface area contributed by atoms with Gasteiger partial charge in [-0.15, -0.1) is 0 Å². The molecule has 3 aromatic rings. The number of imide groups is 1. The summed E-state index contributed by atoms with van der Waals surface area (Å²) in [6, 6.07) is 9.02. The first-order valence-corrected chi connectivity index (χ1v) is 10.1. The normalized spacial score (nSPS) is 18.3. The Morgan fingerprint density at radius 1 is 1.06 bits per heavy atom. The van der Waals surface area contributed by atoms with Gasteiger partial charge in [0.15, 0.2) is 0 Å². The van der Waals surface area contributed by atoms with Gasteiger partial charge in [0.25, 0.3) is 5.91 Å². The molecule has 2 aromatic heterocycles. The van der Waals surface area contributed by atoms with Crippen molar-refractivity contribution in [2.75, 3.05) is 0 Å². The molecule has 1 saturated heterocycles. The average Bonchev–Trinajstić information content (AvgIpc) is 3.28. The first kappa shape index (κ1) is 19.2. The molecule has 5 rings (SSSR count). The monoisotopic (exact) mass is 415 g/mol. The van der Waals surface area contributed by atoms with Gasteiger partial charge in [0, 0.05) is 48.6 Å². The number of benzene rings is 1. The zero-order chi connectivity index (χ0) is 21.7. The Morgan fingerprint density at radius 2 is 1.90 bits per heavy atom. The highest BCUT2D eigenvalue weighted by molar-refractivity contribution is 6.05. The van der Waals surface area contributed by atoms with Gasteiger partial charge in [-0.3, -0.25) is 24.7 Å². The molecule has 8 heteroatoms. The zero-order valence-electron chi connectivity index (χ0n) is 17.3. The van der Waals surface area contributed by atoms with E-state index in [9.17, 15) is 14.4 Å². The minimum atomic E-state index is -0.619. The summed E-state index contributed by atoms with van der Waals surface area (Å²) >= 11 is 0. The quantitative estimate of drug-likeness (QED) is 0.662. The lowest BCUT2D eigenvalue weighted by molar-refractivity contribution is -0.136. The van der Waals surface area contributed by atoms with Gasteiger partial charge in [-0.1, -0.05) is 6.07 Å².